The lowest BCUT2D eigenvalue weighted by atomic mass is 10.2. The highest BCUT2D eigenvalue weighted by Gasteiger charge is 2.13. The molecule has 4 nitrogen and oxygen atoms in total. The van der Waals surface area contributed by atoms with Crippen molar-refractivity contribution < 1.29 is 9.47 Å². The molecule has 4 heteroatoms. The van der Waals surface area contributed by atoms with E-state index >= 15 is 0 Å². The number of nitrogens with one attached hydrogen (secondary N) is 1. The molecule has 17 heavy (non-hydrogen) atoms. The van der Waals surface area contributed by atoms with E-state index in [-0.39, 0.29) is 0 Å². The van der Waals surface area contributed by atoms with Crippen LogP contribution in [0.3, 0.4) is 0 Å². The van der Waals surface area contributed by atoms with Crippen LogP contribution < -0.4 is 5.32 Å². The predicted molar refractivity (Wildman–Crippen MR) is 65.7 cm³/mol. The van der Waals surface area contributed by atoms with Gasteiger partial charge in [-0.25, -0.2) is 0 Å². The molecule has 0 unspecified atom stereocenters. The molecule has 0 aliphatic carbocycles. The number of hydrogen-bond donors (Lipinski definition) is 1. The molecule has 0 radical (unpaired) electrons. The Morgan fingerprint density at radius 3 is 3.06 bits per heavy atom. The molecule has 0 aromatic carbocycles. The van der Waals surface area contributed by atoms with Crippen LogP contribution in [0.25, 0.3) is 0 Å². The average Bonchev–Trinajstić information content (AvgIpc) is 2.41. The maximum absolute atomic E-state index is 5.76. The SMILES string of the molecule is c1cncc(CNCCOC2CCOCC2)c1. The topological polar surface area (TPSA) is 43.4 Å². The minimum absolute atomic E-state index is 0.393. The van der Waals surface area contributed by atoms with Crippen LogP contribution in [0.5, 0.6) is 0 Å². The van der Waals surface area contributed by atoms with E-state index in [0.717, 1.165) is 45.8 Å². The lowest BCUT2D eigenvalue weighted by molar-refractivity contribution is -0.0305. The van der Waals surface area contributed by atoms with E-state index in [1.54, 1.807) is 6.20 Å². The van der Waals surface area contributed by atoms with Crippen molar-refractivity contribution in [3.8, 4) is 0 Å². The molecule has 1 N–H and O–H groups in total. The van der Waals surface area contributed by atoms with Crippen LogP contribution in [0, 0.1) is 0 Å². The molecular weight excluding hydrogens is 216 g/mol. The van der Waals surface area contributed by atoms with Gasteiger partial charge < -0.3 is 14.8 Å². The normalized spacial score (nSPS) is 17.2. The number of hydrogen-bond acceptors (Lipinski definition) is 4. The Morgan fingerprint density at radius 2 is 2.29 bits per heavy atom. The maximum atomic E-state index is 5.76. The summed E-state index contributed by atoms with van der Waals surface area (Å²) in [7, 11) is 0. The van der Waals surface area contributed by atoms with Crippen molar-refractivity contribution >= 4 is 0 Å². The van der Waals surface area contributed by atoms with Crippen molar-refractivity contribution in [3.05, 3.63) is 30.1 Å². The Labute approximate surface area is 102 Å². The Morgan fingerprint density at radius 1 is 1.41 bits per heavy atom. The van der Waals surface area contributed by atoms with E-state index in [0.29, 0.717) is 6.10 Å². The molecule has 0 bridgehead atoms. The van der Waals surface area contributed by atoms with Gasteiger partial charge in [0.05, 0.1) is 12.7 Å². The minimum Gasteiger partial charge on any atom is -0.381 e. The second kappa shape index (κ2) is 7.37. The molecule has 1 aromatic heterocycles. The summed E-state index contributed by atoms with van der Waals surface area (Å²) in [6.07, 6.45) is 6.12. The Balaban J connectivity index is 1.51. The van der Waals surface area contributed by atoms with Gasteiger partial charge in [0, 0.05) is 38.7 Å². The van der Waals surface area contributed by atoms with Crippen molar-refractivity contribution in [2.75, 3.05) is 26.4 Å². The highest BCUT2D eigenvalue weighted by Crippen LogP contribution is 2.09. The first kappa shape index (κ1) is 12.5. The molecule has 1 fully saturated rings. The minimum atomic E-state index is 0.393. The van der Waals surface area contributed by atoms with Crippen LogP contribution in [0.1, 0.15) is 18.4 Å². The number of pyridine rings is 1. The summed E-state index contributed by atoms with van der Waals surface area (Å²) in [6, 6.07) is 4.02. The standard InChI is InChI=1S/C13H20N2O2/c1-2-12(10-14-5-1)11-15-6-9-17-13-3-7-16-8-4-13/h1-2,5,10,13,15H,3-4,6-9,11H2. The zero-order valence-electron chi connectivity index (χ0n) is 10.1. The zero-order valence-corrected chi connectivity index (χ0v) is 10.1. The van der Waals surface area contributed by atoms with E-state index in [1.165, 1.54) is 5.56 Å². The second-order valence-corrected chi connectivity index (χ2v) is 4.22. The van der Waals surface area contributed by atoms with Crippen molar-refractivity contribution in [3.63, 3.8) is 0 Å². The fourth-order valence-electron chi connectivity index (χ4n) is 1.88. The van der Waals surface area contributed by atoms with Crippen molar-refractivity contribution in [1.29, 1.82) is 0 Å². The molecule has 94 valence electrons. The average molecular weight is 236 g/mol. The van der Waals surface area contributed by atoms with Gasteiger partial charge in [0.1, 0.15) is 0 Å². The molecule has 0 amide bonds. The molecule has 2 heterocycles. The summed E-state index contributed by atoms with van der Waals surface area (Å²) in [4.78, 5) is 4.07. The van der Waals surface area contributed by atoms with Crippen LogP contribution in [-0.4, -0.2) is 37.5 Å². The molecular formula is C13H20N2O2. The van der Waals surface area contributed by atoms with Gasteiger partial charge >= 0.3 is 0 Å². The summed E-state index contributed by atoms with van der Waals surface area (Å²) in [5.41, 5.74) is 1.21. The molecule has 0 atom stereocenters. The van der Waals surface area contributed by atoms with Gasteiger partial charge in [-0.05, 0) is 24.5 Å². The maximum Gasteiger partial charge on any atom is 0.0619 e. The highest BCUT2D eigenvalue weighted by molar-refractivity contribution is 5.07. The summed E-state index contributed by atoms with van der Waals surface area (Å²) >= 11 is 0. The van der Waals surface area contributed by atoms with Gasteiger partial charge in [-0.2, -0.15) is 0 Å². The zero-order chi connectivity index (χ0) is 11.8. The van der Waals surface area contributed by atoms with E-state index in [2.05, 4.69) is 16.4 Å². The molecule has 2 rings (SSSR count). The largest absolute Gasteiger partial charge is 0.381 e. The summed E-state index contributed by atoms with van der Waals surface area (Å²) < 4.78 is 11.0. The van der Waals surface area contributed by atoms with Crippen LogP contribution in [0.2, 0.25) is 0 Å². The number of rotatable bonds is 6. The third kappa shape index (κ3) is 4.81. The Hall–Kier alpha value is -0.970. The fourth-order valence-corrected chi connectivity index (χ4v) is 1.88. The third-order valence-electron chi connectivity index (χ3n) is 2.85. The van der Waals surface area contributed by atoms with Gasteiger partial charge in [-0.1, -0.05) is 6.07 Å². The molecule has 1 aliphatic heterocycles. The first-order valence-corrected chi connectivity index (χ1v) is 6.24. The molecule has 1 saturated heterocycles. The van der Waals surface area contributed by atoms with Crippen LogP contribution in [0.4, 0.5) is 0 Å². The summed E-state index contributed by atoms with van der Waals surface area (Å²) in [5, 5.41) is 3.35. The lowest BCUT2D eigenvalue weighted by Gasteiger charge is -2.22. The smallest absolute Gasteiger partial charge is 0.0619 e. The van der Waals surface area contributed by atoms with Crippen LogP contribution in [-0.2, 0) is 16.0 Å². The quantitative estimate of drug-likeness (QED) is 0.758. The fraction of sp³-hybridized carbons (Fsp3) is 0.615. The van der Waals surface area contributed by atoms with Crippen LogP contribution in [0.15, 0.2) is 24.5 Å². The Kier molecular flexibility index (Phi) is 5.42. The van der Waals surface area contributed by atoms with Gasteiger partial charge in [0.25, 0.3) is 0 Å². The monoisotopic (exact) mass is 236 g/mol. The molecule has 1 aliphatic rings. The lowest BCUT2D eigenvalue weighted by Crippen LogP contribution is -2.27. The summed E-state index contributed by atoms with van der Waals surface area (Å²) in [6.45, 7) is 4.18. The van der Waals surface area contributed by atoms with Crippen LogP contribution >= 0.6 is 0 Å². The van der Waals surface area contributed by atoms with Gasteiger partial charge in [0.15, 0.2) is 0 Å². The van der Waals surface area contributed by atoms with Crippen molar-refractivity contribution in [1.82, 2.24) is 10.3 Å². The number of aromatic nitrogens is 1. The van der Waals surface area contributed by atoms with Gasteiger partial charge in [0.2, 0.25) is 0 Å². The van der Waals surface area contributed by atoms with Gasteiger partial charge in [-0.3, -0.25) is 4.98 Å². The van der Waals surface area contributed by atoms with E-state index in [9.17, 15) is 0 Å². The first-order chi connectivity index (χ1) is 8.45. The van der Waals surface area contributed by atoms with Crippen molar-refractivity contribution in [2.24, 2.45) is 0 Å². The number of ether oxygens (including phenoxy) is 2. The second-order valence-electron chi connectivity index (χ2n) is 4.22. The molecule has 0 saturated carbocycles. The van der Waals surface area contributed by atoms with Crippen molar-refractivity contribution in [2.45, 2.75) is 25.5 Å². The summed E-state index contributed by atoms with van der Waals surface area (Å²) in [5.74, 6) is 0. The molecule has 1 aromatic rings. The van der Waals surface area contributed by atoms with E-state index < -0.39 is 0 Å². The first-order valence-electron chi connectivity index (χ1n) is 6.24. The van der Waals surface area contributed by atoms with E-state index in [4.69, 9.17) is 9.47 Å². The highest BCUT2D eigenvalue weighted by atomic mass is 16.5. The molecule has 0 spiro atoms. The Bertz CT molecular complexity index is 300. The van der Waals surface area contributed by atoms with E-state index in [1.807, 2.05) is 12.3 Å². The third-order valence-corrected chi connectivity index (χ3v) is 2.85. The van der Waals surface area contributed by atoms with Gasteiger partial charge in [-0.15, -0.1) is 0 Å². The number of nitrogens with zero attached hydrogens (tertiary/aromatic N) is 1. The predicted octanol–water partition coefficient (Wildman–Crippen LogP) is 1.37.